The zero-order chi connectivity index (χ0) is 17.9. The summed E-state index contributed by atoms with van der Waals surface area (Å²) in [7, 11) is 0. The number of rotatable bonds is 4. The maximum Gasteiger partial charge on any atom is 0.252 e. The van der Waals surface area contributed by atoms with Gasteiger partial charge in [0.15, 0.2) is 5.65 Å². The number of nitrogens with one attached hydrogen (secondary N) is 1. The molecule has 1 aliphatic rings. The number of amides is 2. The summed E-state index contributed by atoms with van der Waals surface area (Å²) in [6, 6.07) is 12.2. The van der Waals surface area contributed by atoms with Crippen LogP contribution in [0, 0.1) is 0 Å². The van der Waals surface area contributed by atoms with E-state index in [0.717, 1.165) is 18.4 Å². The van der Waals surface area contributed by atoms with Gasteiger partial charge in [0.2, 0.25) is 5.91 Å². The van der Waals surface area contributed by atoms with Crippen LogP contribution in [0.1, 0.15) is 30.9 Å². The lowest BCUT2D eigenvalue weighted by Crippen LogP contribution is -2.43. The van der Waals surface area contributed by atoms with Gasteiger partial charge in [0.25, 0.3) is 5.91 Å². The predicted molar refractivity (Wildman–Crippen MR) is 96.4 cm³/mol. The molecule has 3 heterocycles. The number of aromatic nitrogens is 3. The second-order valence-electron chi connectivity index (χ2n) is 6.28. The number of hydrogen-bond acceptors (Lipinski definition) is 4. The largest absolute Gasteiger partial charge is 0.327 e. The Labute approximate surface area is 150 Å². The molecular weight excluding hydrogens is 330 g/mol. The lowest BCUT2D eigenvalue weighted by atomic mass is 10.0. The Morgan fingerprint density at radius 1 is 1.08 bits per heavy atom. The summed E-state index contributed by atoms with van der Waals surface area (Å²) in [5, 5.41) is 7.11. The average molecular weight is 349 g/mol. The minimum absolute atomic E-state index is 0.0132. The first kappa shape index (κ1) is 16.3. The van der Waals surface area contributed by atoms with Crippen LogP contribution in [0.2, 0.25) is 0 Å². The van der Waals surface area contributed by atoms with Gasteiger partial charge in [0.1, 0.15) is 11.9 Å². The van der Waals surface area contributed by atoms with Gasteiger partial charge < -0.3 is 10.2 Å². The third kappa shape index (κ3) is 3.03. The first-order valence-corrected chi connectivity index (χ1v) is 8.68. The number of hydrogen-bond donors (Lipinski definition) is 1. The van der Waals surface area contributed by atoms with Crippen molar-refractivity contribution in [3.8, 4) is 0 Å². The van der Waals surface area contributed by atoms with Crippen LogP contribution >= 0.6 is 0 Å². The van der Waals surface area contributed by atoms with Crippen molar-refractivity contribution < 1.29 is 9.59 Å². The predicted octanol–water partition coefficient (Wildman–Crippen LogP) is 2.42. The molecule has 0 radical (unpaired) electrons. The molecule has 0 unspecified atom stereocenters. The summed E-state index contributed by atoms with van der Waals surface area (Å²) in [6.45, 7) is 0.583. The smallest absolute Gasteiger partial charge is 0.252 e. The van der Waals surface area contributed by atoms with E-state index in [1.165, 1.54) is 0 Å². The van der Waals surface area contributed by atoms with E-state index >= 15 is 0 Å². The quantitative estimate of drug-likeness (QED) is 0.784. The molecule has 0 saturated carbocycles. The number of benzene rings is 1. The SMILES string of the molecule is O=C(Nc1ccnc2ccnn12)[C@@H](c1ccccc1)N1CCCCC1=O. The van der Waals surface area contributed by atoms with E-state index < -0.39 is 6.04 Å². The zero-order valence-electron chi connectivity index (χ0n) is 14.2. The monoisotopic (exact) mass is 349 g/mol. The molecular formula is C19H19N5O2. The highest BCUT2D eigenvalue weighted by Crippen LogP contribution is 2.27. The van der Waals surface area contributed by atoms with Crippen LogP contribution in [-0.2, 0) is 9.59 Å². The normalized spacial score (nSPS) is 15.8. The van der Waals surface area contributed by atoms with Crippen LogP contribution in [0.15, 0.2) is 54.9 Å². The Bertz CT molecular complexity index is 937. The second kappa shape index (κ2) is 6.95. The van der Waals surface area contributed by atoms with Gasteiger partial charge in [-0.1, -0.05) is 30.3 Å². The minimum atomic E-state index is -0.664. The van der Waals surface area contributed by atoms with E-state index in [1.807, 2.05) is 30.3 Å². The summed E-state index contributed by atoms with van der Waals surface area (Å²) >= 11 is 0. The Kier molecular flexibility index (Phi) is 4.35. The Morgan fingerprint density at radius 3 is 2.73 bits per heavy atom. The lowest BCUT2D eigenvalue weighted by Gasteiger charge is -2.34. The van der Waals surface area contributed by atoms with Crippen molar-refractivity contribution in [2.24, 2.45) is 0 Å². The van der Waals surface area contributed by atoms with Crippen LogP contribution in [-0.4, -0.2) is 37.9 Å². The third-order valence-electron chi connectivity index (χ3n) is 4.58. The number of likely N-dealkylation sites (tertiary alicyclic amines) is 1. The second-order valence-corrected chi connectivity index (χ2v) is 6.28. The maximum absolute atomic E-state index is 13.2. The molecule has 0 aliphatic carbocycles. The molecule has 1 fully saturated rings. The summed E-state index contributed by atoms with van der Waals surface area (Å²) in [5.74, 6) is 0.282. The molecule has 1 atom stereocenters. The molecule has 1 aliphatic heterocycles. The standard InChI is InChI=1S/C19H19N5O2/c25-17-8-4-5-13-23(17)18(14-6-2-1-3-7-14)19(26)22-16-9-11-20-15-10-12-21-24(15)16/h1-3,6-7,9-12,18H,4-5,8,13H2,(H,22,26)/t18-/m1/s1. The summed E-state index contributed by atoms with van der Waals surface area (Å²) in [6.07, 6.45) is 5.50. The molecule has 1 N–H and O–H groups in total. The van der Waals surface area contributed by atoms with Gasteiger partial charge in [0.05, 0.1) is 6.20 Å². The van der Waals surface area contributed by atoms with E-state index in [-0.39, 0.29) is 11.8 Å². The van der Waals surface area contributed by atoms with Crippen LogP contribution in [0.3, 0.4) is 0 Å². The third-order valence-corrected chi connectivity index (χ3v) is 4.58. The molecule has 26 heavy (non-hydrogen) atoms. The molecule has 2 amide bonds. The first-order valence-electron chi connectivity index (χ1n) is 8.68. The molecule has 7 heteroatoms. The fourth-order valence-corrected chi connectivity index (χ4v) is 3.33. The van der Waals surface area contributed by atoms with E-state index in [1.54, 1.807) is 33.9 Å². The number of piperidine rings is 1. The molecule has 0 spiro atoms. The maximum atomic E-state index is 13.2. The topological polar surface area (TPSA) is 79.6 Å². The summed E-state index contributed by atoms with van der Waals surface area (Å²) in [5.41, 5.74) is 1.44. The highest BCUT2D eigenvalue weighted by atomic mass is 16.2. The number of carbonyl (C=O) groups is 2. The van der Waals surface area contributed by atoms with Gasteiger partial charge in [-0.15, -0.1) is 0 Å². The van der Waals surface area contributed by atoms with E-state index in [9.17, 15) is 9.59 Å². The van der Waals surface area contributed by atoms with Crippen molar-refractivity contribution in [1.29, 1.82) is 0 Å². The molecule has 1 aromatic carbocycles. The van der Waals surface area contributed by atoms with Crippen molar-refractivity contribution in [2.75, 3.05) is 11.9 Å². The lowest BCUT2D eigenvalue weighted by molar-refractivity contribution is -0.141. The van der Waals surface area contributed by atoms with Gasteiger partial charge in [-0.2, -0.15) is 9.61 Å². The molecule has 2 aromatic heterocycles. The number of anilines is 1. The van der Waals surface area contributed by atoms with Crippen molar-refractivity contribution in [1.82, 2.24) is 19.5 Å². The van der Waals surface area contributed by atoms with E-state index in [4.69, 9.17) is 0 Å². The minimum Gasteiger partial charge on any atom is -0.327 e. The van der Waals surface area contributed by atoms with Gasteiger partial charge >= 0.3 is 0 Å². The number of nitrogens with zero attached hydrogens (tertiary/aromatic N) is 4. The highest BCUT2D eigenvalue weighted by Gasteiger charge is 2.33. The molecule has 1 saturated heterocycles. The molecule has 0 bridgehead atoms. The van der Waals surface area contributed by atoms with Crippen molar-refractivity contribution >= 4 is 23.3 Å². The number of carbonyl (C=O) groups excluding carboxylic acids is 2. The van der Waals surface area contributed by atoms with E-state index in [2.05, 4.69) is 15.4 Å². The zero-order valence-corrected chi connectivity index (χ0v) is 14.2. The van der Waals surface area contributed by atoms with E-state index in [0.29, 0.717) is 24.4 Å². The van der Waals surface area contributed by atoms with Crippen LogP contribution < -0.4 is 5.32 Å². The van der Waals surface area contributed by atoms with Gasteiger partial charge in [0, 0.05) is 25.2 Å². The Morgan fingerprint density at radius 2 is 1.92 bits per heavy atom. The fraction of sp³-hybridized carbons (Fsp3) is 0.263. The first-order chi connectivity index (χ1) is 12.7. The fourth-order valence-electron chi connectivity index (χ4n) is 3.33. The number of fused-ring (bicyclic) bond motifs is 1. The van der Waals surface area contributed by atoms with Crippen molar-refractivity contribution in [3.05, 3.63) is 60.4 Å². The van der Waals surface area contributed by atoms with Gasteiger partial charge in [-0.05, 0) is 24.5 Å². The Hall–Kier alpha value is -3.22. The van der Waals surface area contributed by atoms with Crippen LogP contribution in [0.5, 0.6) is 0 Å². The van der Waals surface area contributed by atoms with Gasteiger partial charge in [-0.3, -0.25) is 9.59 Å². The summed E-state index contributed by atoms with van der Waals surface area (Å²) in [4.78, 5) is 31.5. The molecule has 4 rings (SSSR count). The summed E-state index contributed by atoms with van der Waals surface area (Å²) < 4.78 is 1.57. The van der Waals surface area contributed by atoms with Gasteiger partial charge in [-0.25, -0.2) is 4.98 Å². The van der Waals surface area contributed by atoms with Crippen LogP contribution in [0.25, 0.3) is 5.65 Å². The molecule has 7 nitrogen and oxygen atoms in total. The highest BCUT2D eigenvalue weighted by molar-refractivity contribution is 5.97. The molecule has 3 aromatic rings. The molecule has 132 valence electrons. The van der Waals surface area contributed by atoms with Crippen molar-refractivity contribution in [2.45, 2.75) is 25.3 Å². The van der Waals surface area contributed by atoms with Crippen LogP contribution in [0.4, 0.5) is 5.82 Å². The Balaban J connectivity index is 1.68. The average Bonchev–Trinajstić information content (AvgIpc) is 3.14. The van der Waals surface area contributed by atoms with Crippen molar-refractivity contribution in [3.63, 3.8) is 0 Å².